The van der Waals surface area contributed by atoms with Gasteiger partial charge in [-0.3, -0.25) is 9.48 Å². The van der Waals surface area contributed by atoms with Gasteiger partial charge in [0.25, 0.3) is 5.91 Å². The number of carbonyl (C=O) groups is 1. The second kappa shape index (κ2) is 9.87. The summed E-state index contributed by atoms with van der Waals surface area (Å²) in [6.45, 7) is 3.05. The third-order valence-corrected chi connectivity index (χ3v) is 8.93. The summed E-state index contributed by atoms with van der Waals surface area (Å²) >= 11 is 0. The molecule has 2 heterocycles. The molecule has 1 aliphatic rings. The van der Waals surface area contributed by atoms with Gasteiger partial charge in [0.1, 0.15) is 22.6 Å². The molecule has 1 amide bonds. The number of nitrogens with one attached hydrogen (secondary N) is 1. The van der Waals surface area contributed by atoms with E-state index in [1.54, 1.807) is 45.2 Å². The molecule has 2 aromatic carbocycles. The molecule has 3 aromatic rings. The number of benzene rings is 2. The van der Waals surface area contributed by atoms with Crippen LogP contribution in [0, 0.1) is 11.6 Å². The Bertz CT molecular complexity index is 1330. The lowest BCUT2D eigenvalue weighted by Crippen LogP contribution is -2.44. The summed E-state index contributed by atoms with van der Waals surface area (Å²) in [5, 5.41) is 5.84. The highest BCUT2D eigenvalue weighted by atomic mass is 32.2. The van der Waals surface area contributed by atoms with E-state index >= 15 is 8.78 Å². The zero-order chi connectivity index (χ0) is 25.3. The van der Waals surface area contributed by atoms with E-state index in [2.05, 4.69) is 10.4 Å². The van der Waals surface area contributed by atoms with E-state index in [0.29, 0.717) is 18.4 Å². The lowest BCUT2D eigenvalue weighted by molar-refractivity contribution is 0.0929. The largest absolute Gasteiger partial charge is 0.344 e. The second-order valence-electron chi connectivity index (χ2n) is 8.92. The number of amides is 1. The van der Waals surface area contributed by atoms with Crippen molar-refractivity contribution in [3.05, 3.63) is 88.7 Å². The Morgan fingerprint density at radius 2 is 1.86 bits per heavy atom. The predicted molar refractivity (Wildman–Crippen MR) is 128 cm³/mol. The Labute approximate surface area is 203 Å². The van der Waals surface area contributed by atoms with Crippen molar-refractivity contribution in [2.75, 3.05) is 0 Å². The standard InChI is InChI=1S/C25H28F2N4O3S/c1-16-9-10-24(18-7-5-4-6-8-18)35(33,34)31(16)15-19-13-22(27)20(14-21(19)26)17(2)29-25(32)23-11-12-28-30(23)3/h4-8,11-14,16-17,24H,9-10,15H2,1-3H3,(H,29,32)/t16-,17?,24+/m1/s1. The fourth-order valence-corrected chi connectivity index (χ4v) is 6.71. The number of rotatable bonds is 6. The van der Waals surface area contributed by atoms with Crippen LogP contribution < -0.4 is 5.32 Å². The second-order valence-corrected chi connectivity index (χ2v) is 11.0. The lowest BCUT2D eigenvalue weighted by Gasteiger charge is -2.37. The Morgan fingerprint density at radius 1 is 1.14 bits per heavy atom. The molecular weight excluding hydrogens is 474 g/mol. The van der Waals surface area contributed by atoms with Crippen molar-refractivity contribution >= 4 is 15.9 Å². The van der Waals surface area contributed by atoms with Crippen LogP contribution in [0.25, 0.3) is 0 Å². The average molecular weight is 503 g/mol. The van der Waals surface area contributed by atoms with Gasteiger partial charge < -0.3 is 5.32 Å². The van der Waals surface area contributed by atoms with Gasteiger partial charge >= 0.3 is 0 Å². The summed E-state index contributed by atoms with van der Waals surface area (Å²) < 4.78 is 59.6. The number of nitrogens with zero attached hydrogens (tertiary/aromatic N) is 3. The summed E-state index contributed by atoms with van der Waals surface area (Å²) in [5.74, 6) is -1.92. The summed E-state index contributed by atoms with van der Waals surface area (Å²) in [4.78, 5) is 12.4. The monoisotopic (exact) mass is 502 g/mol. The van der Waals surface area contributed by atoms with E-state index in [4.69, 9.17) is 0 Å². The highest BCUT2D eigenvalue weighted by Gasteiger charge is 2.40. The summed E-state index contributed by atoms with van der Waals surface area (Å²) in [6, 6.07) is 11.3. The van der Waals surface area contributed by atoms with Crippen molar-refractivity contribution in [2.45, 2.75) is 50.6 Å². The molecule has 1 saturated heterocycles. The topological polar surface area (TPSA) is 84.3 Å². The molecule has 3 atom stereocenters. The predicted octanol–water partition coefficient (Wildman–Crippen LogP) is 4.24. The zero-order valence-electron chi connectivity index (χ0n) is 19.8. The Kier molecular flexibility index (Phi) is 7.05. The van der Waals surface area contributed by atoms with Crippen molar-refractivity contribution in [2.24, 2.45) is 7.05 Å². The Morgan fingerprint density at radius 3 is 2.51 bits per heavy atom. The molecule has 1 fully saturated rings. The Hall–Kier alpha value is -3.11. The molecule has 1 N–H and O–H groups in total. The number of hydrogen-bond acceptors (Lipinski definition) is 4. The molecule has 0 aliphatic carbocycles. The SMILES string of the molecule is CC(NC(=O)c1ccnn1C)c1cc(F)c(CN2[C@H](C)CC[C@@H](c3ccccc3)S2(=O)=O)cc1F. The molecule has 1 aromatic heterocycles. The first-order chi connectivity index (χ1) is 16.6. The maximum absolute atomic E-state index is 15.1. The van der Waals surface area contributed by atoms with Crippen LogP contribution in [0.2, 0.25) is 0 Å². The van der Waals surface area contributed by atoms with E-state index < -0.39 is 38.9 Å². The maximum Gasteiger partial charge on any atom is 0.270 e. The lowest BCUT2D eigenvalue weighted by atomic mass is 10.0. The molecule has 186 valence electrons. The van der Waals surface area contributed by atoms with Crippen LogP contribution in [-0.4, -0.2) is 34.5 Å². The third kappa shape index (κ3) is 4.99. The molecule has 0 bridgehead atoms. The number of hydrogen-bond donors (Lipinski definition) is 1. The molecule has 35 heavy (non-hydrogen) atoms. The molecule has 0 spiro atoms. The first kappa shape index (κ1) is 25.0. The fraction of sp³-hybridized carbons (Fsp3) is 0.360. The summed E-state index contributed by atoms with van der Waals surface area (Å²) in [5.41, 5.74) is 0.884. The minimum absolute atomic E-state index is 0.0292. The third-order valence-electron chi connectivity index (χ3n) is 6.56. The highest BCUT2D eigenvalue weighted by Crippen LogP contribution is 2.38. The van der Waals surface area contributed by atoms with Crippen LogP contribution in [0.3, 0.4) is 0 Å². The number of halogens is 2. The molecular formula is C25H28F2N4O3S. The maximum atomic E-state index is 15.1. The molecule has 0 radical (unpaired) electrons. The van der Waals surface area contributed by atoms with Crippen molar-refractivity contribution in [1.82, 2.24) is 19.4 Å². The number of aryl methyl sites for hydroxylation is 1. The molecule has 10 heteroatoms. The molecule has 1 aliphatic heterocycles. The first-order valence-electron chi connectivity index (χ1n) is 11.4. The minimum atomic E-state index is -3.79. The van der Waals surface area contributed by atoms with Gasteiger partial charge in [0.05, 0.1) is 6.04 Å². The molecule has 4 rings (SSSR count). The minimum Gasteiger partial charge on any atom is -0.344 e. The van der Waals surface area contributed by atoms with Crippen LogP contribution in [-0.2, 0) is 23.6 Å². The van der Waals surface area contributed by atoms with Gasteiger partial charge in [-0.1, -0.05) is 30.3 Å². The van der Waals surface area contributed by atoms with Crippen molar-refractivity contribution < 1.29 is 22.0 Å². The number of aromatic nitrogens is 2. The van der Waals surface area contributed by atoms with Crippen molar-refractivity contribution in [1.29, 1.82) is 0 Å². The van der Waals surface area contributed by atoms with Gasteiger partial charge in [0, 0.05) is 37.0 Å². The number of carbonyl (C=O) groups excluding carboxylic acids is 1. The van der Waals surface area contributed by atoms with E-state index in [1.165, 1.54) is 21.3 Å². The van der Waals surface area contributed by atoms with Crippen LogP contribution in [0.4, 0.5) is 8.78 Å². The van der Waals surface area contributed by atoms with E-state index in [9.17, 15) is 13.2 Å². The fourth-order valence-electron chi connectivity index (χ4n) is 4.52. The average Bonchev–Trinajstić information content (AvgIpc) is 3.24. The van der Waals surface area contributed by atoms with Crippen LogP contribution >= 0.6 is 0 Å². The quantitative estimate of drug-likeness (QED) is 0.546. The molecule has 7 nitrogen and oxygen atoms in total. The van der Waals surface area contributed by atoms with Crippen molar-refractivity contribution in [3.8, 4) is 0 Å². The summed E-state index contributed by atoms with van der Waals surface area (Å²) in [7, 11) is -2.18. The first-order valence-corrected chi connectivity index (χ1v) is 12.9. The van der Waals surface area contributed by atoms with E-state index in [-0.39, 0.29) is 29.4 Å². The zero-order valence-corrected chi connectivity index (χ0v) is 20.6. The van der Waals surface area contributed by atoms with Gasteiger partial charge in [-0.15, -0.1) is 0 Å². The van der Waals surface area contributed by atoms with Gasteiger partial charge in [-0.2, -0.15) is 9.40 Å². The van der Waals surface area contributed by atoms with Gasteiger partial charge in [0.2, 0.25) is 10.0 Å². The van der Waals surface area contributed by atoms with E-state index in [1.807, 2.05) is 6.07 Å². The van der Waals surface area contributed by atoms with Crippen LogP contribution in [0.15, 0.2) is 54.7 Å². The van der Waals surface area contributed by atoms with Gasteiger partial charge in [-0.25, -0.2) is 17.2 Å². The van der Waals surface area contributed by atoms with Crippen LogP contribution in [0.5, 0.6) is 0 Å². The highest BCUT2D eigenvalue weighted by molar-refractivity contribution is 7.89. The van der Waals surface area contributed by atoms with Crippen LogP contribution in [0.1, 0.15) is 65.2 Å². The molecule has 0 saturated carbocycles. The summed E-state index contributed by atoms with van der Waals surface area (Å²) in [6.07, 6.45) is 2.54. The Balaban J connectivity index is 1.56. The van der Waals surface area contributed by atoms with E-state index in [0.717, 1.165) is 12.1 Å². The van der Waals surface area contributed by atoms with Gasteiger partial charge in [0.15, 0.2) is 0 Å². The smallest absolute Gasteiger partial charge is 0.270 e. The molecule has 1 unspecified atom stereocenters. The number of sulfonamides is 1. The van der Waals surface area contributed by atoms with Crippen molar-refractivity contribution in [3.63, 3.8) is 0 Å². The normalized spacial score (nSPS) is 20.9. The van der Waals surface area contributed by atoms with Gasteiger partial charge in [-0.05, 0) is 50.5 Å².